The zero-order valence-corrected chi connectivity index (χ0v) is 11.1. The molecule has 94 valence electrons. The van der Waals surface area contributed by atoms with E-state index in [4.69, 9.17) is 4.74 Å². The van der Waals surface area contributed by atoms with Crippen LogP contribution in [0.5, 0.6) is 5.75 Å². The van der Waals surface area contributed by atoms with Crippen LogP contribution in [-0.2, 0) is 12.8 Å². The molecule has 1 aromatic rings. The second-order valence-electron chi connectivity index (χ2n) is 5.38. The van der Waals surface area contributed by atoms with Gasteiger partial charge in [-0.15, -0.1) is 0 Å². The van der Waals surface area contributed by atoms with Crippen molar-refractivity contribution >= 4 is 0 Å². The summed E-state index contributed by atoms with van der Waals surface area (Å²) in [6.07, 6.45) is 3.58. The molecule has 17 heavy (non-hydrogen) atoms. The van der Waals surface area contributed by atoms with Gasteiger partial charge in [-0.1, -0.05) is 19.9 Å². The van der Waals surface area contributed by atoms with Crippen molar-refractivity contribution in [2.45, 2.75) is 39.2 Å². The lowest BCUT2D eigenvalue weighted by atomic mass is 9.88. The second-order valence-corrected chi connectivity index (χ2v) is 5.38. The Morgan fingerprint density at radius 2 is 2.18 bits per heavy atom. The SMILES string of the molecule is COc1ccc2c(c1)CC(NCC(C)C)CC2. The molecule has 1 aromatic carbocycles. The number of hydrogen-bond donors (Lipinski definition) is 1. The predicted molar refractivity (Wildman–Crippen MR) is 71.6 cm³/mol. The molecule has 1 aliphatic carbocycles. The molecule has 1 N–H and O–H groups in total. The molecule has 0 amide bonds. The van der Waals surface area contributed by atoms with E-state index in [0.717, 1.165) is 24.6 Å². The van der Waals surface area contributed by atoms with Crippen LogP contribution in [0.3, 0.4) is 0 Å². The van der Waals surface area contributed by atoms with Crippen LogP contribution in [0.2, 0.25) is 0 Å². The van der Waals surface area contributed by atoms with Gasteiger partial charge in [-0.2, -0.15) is 0 Å². The molecule has 0 fully saturated rings. The molecule has 0 aliphatic heterocycles. The van der Waals surface area contributed by atoms with Gasteiger partial charge >= 0.3 is 0 Å². The standard InChI is InChI=1S/C15H23NO/c1-11(2)10-16-14-6-4-12-5-7-15(17-3)9-13(12)8-14/h5,7,9,11,14,16H,4,6,8,10H2,1-3H3. The van der Waals surface area contributed by atoms with E-state index in [1.807, 2.05) is 0 Å². The summed E-state index contributed by atoms with van der Waals surface area (Å²) in [5.74, 6) is 1.70. The van der Waals surface area contributed by atoms with Gasteiger partial charge in [0.25, 0.3) is 0 Å². The smallest absolute Gasteiger partial charge is 0.119 e. The molecule has 0 saturated heterocycles. The molecule has 2 heteroatoms. The van der Waals surface area contributed by atoms with E-state index in [-0.39, 0.29) is 0 Å². The van der Waals surface area contributed by atoms with Crippen LogP contribution in [0.1, 0.15) is 31.4 Å². The summed E-state index contributed by atoms with van der Waals surface area (Å²) in [5.41, 5.74) is 2.95. The average molecular weight is 233 g/mol. The first-order valence-electron chi connectivity index (χ1n) is 6.58. The molecule has 0 spiro atoms. The highest BCUT2D eigenvalue weighted by molar-refractivity contribution is 5.37. The van der Waals surface area contributed by atoms with E-state index in [2.05, 4.69) is 37.4 Å². The number of nitrogens with one attached hydrogen (secondary N) is 1. The first-order valence-corrected chi connectivity index (χ1v) is 6.58. The van der Waals surface area contributed by atoms with E-state index in [1.54, 1.807) is 7.11 Å². The third-order valence-electron chi connectivity index (χ3n) is 3.46. The number of fused-ring (bicyclic) bond motifs is 1. The van der Waals surface area contributed by atoms with Crippen LogP contribution in [0.15, 0.2) is 18.2 Å². The van der Waals surface area contributed by atoms with Crippen molar-refractivity contribution in [3.8, 4) is 5.75 Å². The average Bonchev–Trinajstić information content (AvgIpc) is 2.35. The van der Waals surface area contributed by atoms with Crippen LogP contribution >= 0.6 is 0 Å². The maximum Gasteiger partial charge on any atom is 0.119 e. The summed E-state index contributed by atoms with van der Waals surface area (Å²) in [4.78, 5) is 0. The van der Waals surface area contributed by atoms with Crippen molar-refractivity contribution in [1.29, 1.82) is 0 Å². The summed E-state index contributed by atoms with van der Waals surface area (Å²) >= 11 is 0. The predicted octanol–water partition coefficient (Wildman–Crippen LogP) is 2.80. The van der Waals surface area contributed by atoms with Crippen LogP contribution < -0.4 is 10.1 Å². The van der Waals surface area contributed by atoms with Crippen molar-refractivity contribution in [1.82, 2.24) is 5.32 Å². The van der Waals surface area contributed by atoms with Crippen molar-refractivity contribution < 1.29 is 4.74 Å². The lowest BCUT2D eigenvalue weighted by Gasteiger charge is -2.26. The zero-order chi connectivity index (χ0) is 12.3. The molecule has 0 bridgehead atoms. The van der Waals surface area contributed by atoms with Crippen molar-refractivity contribution in [2.24, 2.45) is 5.92 Å². The monoisotopic (exact) mass is 233 g/mol. The van der Waals surface area contributed by atoms with E-state index in [0.29, 0.717) is 6.04 Å². The van der Waals surface area contributed by atoms with Crippen molar-refractivity contribution in [2.75, 3.05) is 13.7 Å². The van der Waals surface area contributed by atoms with Crippen molar-refractivity contribution in [3.05, 3.63) is 29.3 Å². The fourth-order valence-electron chi connectivity index (χ4n) is 2.44. The summed E-state index contributed by atoms with van der Waals surface area (Å²) in [6, 6.07) is 7.11. The molecule has 0 saturated carbocycles. The van der Waals surface area contributed by atoms with Crippen LogP contribution in [-0.4, -0.2) is 19.7 Å². The third kappa shape index (κ3) is 3.22. The van der Waals surface area contributed by atoms with E-state index >= 15 is 0 Å². The highest BCUT2D eigenvalue weighted by atomic mass is 16.5. The zero-order valence-electron chi connectivity index (χ0n) is 11.1. The Morgan fingerprint density at radius 3 is 2.88 bits per heavy atom. The summed E-state index contributed by atoms with van der Waals surface area (Å²) in [6.45, 7) is 5.63. The first-order chi connectivity index (χ1) is 8.19. The van der Waals surface area contributed by atoms with Gasteiger partial charge in [0.05, 0.1) is 7.11 Å². The molecule has 1 unspecified atom stereocenters. The number of methoxy groups -OCH3 is 1. The van der Waals surface area contributed by atoms with Gasteiger partial charge in [0.1, 0.15) is 5.75 Å². The quantitative estimate of drug-likeness (QED) is 0.863. The second kappa shape index (κ2) is 5.54. The Morgan fingerprint density at radius 1 is 1.35 bits per heavy atom. The van der Waals surface area contributed by atoms with Gasteiger partial charge in [-0.05, 0) is 55.0 Å². The molecular formula is C15H23NO. The van der Waals surface area contributed by atoms with Gasteiger partial charge in [0, 0.05) is 6.04 Å². The van der Waals surface area contributed by atoms with Gasteiger partial charge in [0.2, 0.25) is 0 Å². The highest BCUT2D eigenvalue weighted by Crippen LogP contribution is 2.25. The lowest BCUT2D eigenvalue weighted by molar-refractivity contribution is 0.407. The Labute approximate surface area is 104 Å². The Bertz CT molecular complexity index is 373. The molecular weight excluding hydrogens is 210 g/mol. The van der Waals surface area contributed by atoms with Crippen LogP contribution in [0, 0.1) is 5.92 Å². The van der Waals surface area contributed by atoms with Gasteiger partial charge in [0.15, 0.2) is 0 Å². The minimum Gasteiger partial charge on any atom is -0.497 e. The van der Waals surface area contributed by atoms with E-state index in [9.17, 15) is 0 Å². The maximum absolute atomic E-state index is 5.29. The molecule has 0 heterocycles. The minimum absolute atomic E-state index is 0.636. The molecule has 2 rings (SSSR count). The molecule has 0 aromatic heterocycles. The highest BCUT2D eigenvalue weighted by Gasteiger charge is 2.18. The number of hydrogen-bond acceptors (Lipinski definition) is 2. The molecule has 2 nitrogen and oxygen atoms in total. The molecule has 1 aliphatic rings. The van der Waals surface area contributed by atoms with Crippen LogP contribution in [0.25, 0.3) is 0 Å². The Hall–Kier alpha value is -1.02. The first kappa shape index (κ1) is 12.4. The normalized spacial score (nSPS) is 19.2. The number of aryl methyl sites for hydroxylation is 1. The number of rotatable bonds is 4. The lowest BCUT2D eigenvalue weighted by Crippen LogP contribution is -2.36. The fourth-order valence-corrected chi connectivity index (χ4v) is 2.44. The Kier molecular flexibility index (Phi) is 4.06. The summed E-state index contributed by atoms with van der Waals surface area (Å²) in [7, 11) is 1.74. The largest absolute Gasteiger partial charge is 0.497 e. The molecule has 0 radical (unpaired) electrons. The third-order valence-corrected chi connectivity index (χ3v) is 3.46. The van der Waals surface area contributed by atoms with Gasteiger partial charge in [-0.3, -0.25) is 0 Å². The number of benzene rings is 1. The van der Waals surface area contributed by atoms with E-state index in [1.165, 1.54) is 24.0 Å². The minimum atomic E-state index is 0.636. The Balaban J connectivity index is 2.01. The summed E-state index contributed by atoms with van der Waals surface area (Å²) in [5, 5.41) is 3.66. The topological polar surface area (TPSA) is 21.3 Å². The fraction of sp³-hybridized carbons (Fsp3) is 0.600. The van der Waals surface area contributed by atoms with E-state index < -0.39 is 0 Å². The number of ether oxygens (including phenoxy) is 1. The molecule has 1 atom stereocenters. The van der Waals surface area contributed by atoms with Crippen LogP contribution in [0.4, 0.5) is 0 Å². The summed E-state index contributed by atoms with van der Waals surface area (Å²) < 4.78 is 5.29. The van der Waals surface area contributed by atoms with Gasteiger partial charge < -0.3 is 10.1 Å². The van der Waals surface area contributed by atoms with Gasteiger partial charge in [-0.25, -0.2) is 0 Å². The van der Waals surface area contributed by atoms with Crippen molar-refractivity contribution in [3.63, 3.8) is 0 Å². The maximum atomic E-state index is 5.29.